The van der Waals surface area contributed by atoms with Gasteiger partial charge in [0.05, 0.1) is 35.1 Å². The van der Waals surface area contributed by atoms with Crippen LogP contribution < -0.4 is 15.0 Å². The van der Waals surface area contributed by atoms with Crippen LogP contribution in [0, 0.1) is 28.4 Å². The fraction of sp³-hybridized carbons (Fsp3) is 0.280. The zero-order valence-corrected chi connectivity index (χ0v) is 21.3. The van der Waals surface area contributed by atoms with E-state index in [1.165, 1.54) is 19.4 Å². The number of benzene rings is 2. The molecule has 37 heavy (non-hydrogen) atoms. The van der Waals surface area contributed by atoms with Crippen molar-refractivity contribution < 1.29 is 9.66 Å². The van der Waals surface area contributed by atoms with Gasteiger partial charge in [0.1, 0.15) is 23.1 Å². The average Bonchev–Trinajstić information content (AvgIpc) is 3.23. The minimum Gasteiger partial charge on any atom is -0.494 e. The molecule has 4 aromatic rings. The van der Waals surface area contributed by atoms with E-state index in [9.17, 15) is 15.4 Å². The number of methoxy groups -OCH3 is 1. The van der Waals surface area contributed by atoms with Crippen LogP contribution in [0.2, 0.25) is 0 Å². The second kappa shape index (κ2) is 10.5. The molecule has 0 fully saturated rings. The zero-order chi connectivity index (χ0) is 26.7. The number of para-hydroxylation sites is 1. The quantitative estimate of drug-likeness (QED) is 0.267. The highest BCUT2D eigenvalue weighted by Gasteiger charge is 2.23. The van der Waals surface area contributed by atoms with Gasteiger partial charge in [0.25, 0.3) is 5.69 Å². The number of aromatic nitrogens is 4. The maximum absolute atomic E-state index is 11.9. The van der Waals surface area contributed by atoms with Crippen molar-refractivity contribution in [2.24, 2.45) is 0 Å². The molecule has 0 radical (unpaired) electrons. The minimum absolute atomic E-state index is 0.0906. The van der Waals surface area contributed by atoms with Gasteiger partial charge in [-0.2, -0.15) is 15.3 Å². The highest BCUT2D eigenvalue weighted by Crippen LogP contribution is 2.39. The Balaban J connectivity index is 1.76. The van der Waals surface area contributed by atoms with E-state index in [1.54, 1.807) is 17.8 Å². The van der Waals surface area contributed by atoms with E-state index >= 15 is 0 Å². The highest BCUT2D eigenvalue weighted by molar-refractivity contribution is 5.83. The van der Waals surface area contributed by atoms with Crippen LogP contribution in [-0.4, -0.2) is 70.9 Å². The number of anilines is 3. The first-order valence-electron chi connectivity index (χ1n) is 11.4. The lowest BCUT2D eigenvalue weighted by atomic mass is 10.2. The number of nitro benzene ring substituents is 1. The lowest BCUT2D eigenvalue weighted by Gasteiger charge is -2.22. The molecular weight excluding hydrogens is 474 g/mol. The lowest BCUT2D eigenvalue weighted by molar-refractivity contribution is -0.384. The van der Waals surface area contributed by atoms with Crippen molar-refractivity contribution in [1.82, 2.24) is 24.6 Å². The molecule has 0 atom stereocenters. The van der Waals surface area contributed by atoms with E-state index in [-0.39, 0.29) is 23.0 Å². The molecule has 0 spiro atoms. The molecule has 0 amide bonds. The number of hydrogen-bond donors (Lipinski definition) is 1. The summed E-state index contributed by atoms with van der Waals surface area (Å²) in [6.07, 6.45) is 1.39. The average molecular weight is 502 g/mol. The van der Waals surface area contributed by atoms with Crippen molar-refractivity contribution in [3.05, 3.63) is 64.0 Å². The van der Waals surface area contributed by atoms with Crippen molar-refractivity contribution in [2.45, 2.75) is 6.92 Å². The van der Waals surface area contributed by atoms with Gasteiger partial charge in [-0.3, -0.25) is 10.1 Å². The summed E-state index contributed by atoms with van der Waals surface area (Å²) in [5.41, 5.74) is 2.46. The number of hydrogen-bond acceptors (Lipinski definition) is 10. The Morgan fingerprint density at radius 1 is 1.22 bits per heavy atom. The summed E-state index contributed by atoms with van der Waals surface area (Å²) in [6.45, 7) is 3.19. The number of rotatable bonds is 9. The SMILES string of the molecule is COc1cc(N(C)CCN(C)C)c([N+](=O)[O-])cc1Nc1ncc(C#N)c(-n2nc(C)c3ccccc32)n1. The van der Waals surface area contributed by atoms with E-state index in [2.05, 4.69) is 26.5 Å². The number of aryl methyl sites for hydroxylation is 1. The van der Waals surface area contributed by atoms with Gasteiger partial charge in [0, 0.05) is 37.7 Å². The van der Waals surface area contributed by atoms with Crippen LogP contribution >= 0.6 is 0 Å². The van der Waals surface area contributed by atoms with Crippen molar-refractivity contribution in [3.8, 4) is 17.6 Å². The van der Waals surface area contributed by atoms with Crippen molar-refractivity contribution in [3.63, 3.8) is 0 Å². The van der Waals surface area contributed by atoms with Gasteiger partial charge in [-0.25, -0.2) is 9.67 Å². The molecule has 0 aliphatic heterocycles. The number of fused-ring (bicyclic) bond motifs is 1. The van der Waals surface area contributed by atoms with E-state index in [4.69, 9.17) is 4.74 Å². The molecule has 12 heteroatoms. The summed E-state index contributed by atoms with van der Waals surface area (Å²) in [4.78, 5) is 24.1. The molecule has 0 unspecified atom stereocenters. The summed E-state index contributed by atoms with van der Waals surface area (Å²) >= 11 is 0. The second-order valence-corrected chi connectivity index (χ2v) is 8.71. The largest absolute Gasteiger partial charge is 0.494 e. The predicted octanol–water partition coefficient (Wildman–Crippen LogP) is 3.65. The molecule has 1 N–H and O–H groups in total. The Morgan fingerprint density at radius 2 is 1.97 bits per heavy atom. The second-order valence-electron chi connectivity index (χ2n) is 8.71. The van der Waals surface area contributed by atoms with Gasteiger partial charge in [-0.15, -0.1) is 0 Å². The van der Waals surface area contributed by atoms with E-state index in [1.807, 2.05) is 55.1 Å². The molecule has 4 rings (SSSR count). The van der Waals surface area contributed by atoms with Gasteiger partial charge in [0.2, 0.25) is 5.95 Å². The molecule has 12 nitrogen and oxygen atoms in total. The van der Waals surface area contributed by atoms with Crippen molar-refractivity contribution in [1.29, 1.82) is 5.26 Å². The van der Waals surface area contributed by atoms with Crippen LogP contribution in [0.3, 0.4) is 0 Å². The fourth-order valence-corrected chi connectivity index (χ4v) is 3.92. The molecule has 0 saturated carbocycles. The van der Waals surface area contributed by atoms with Crippen LogP contribution in [0.15, 0.2) is 42.6 Å². The highest BCUT2D eigenvalue weighted by atomic mass is 16.6. The van der Waals surface area contributed by atoms with Crippen LogP contribution in [0.5, 0.6) is 5.75 Å². The number of likely N-dealkylation sites (N-methyl/N-ethyl adjacent to an activating group) is 2. The monoisotopic (exact) mass is 501 g/mol. The maximum Gasteiger partial charge on any atom is 0.294 e. The van der Waals surface area contributed by atoms with Gasteiger partial charge in [0.15, 0.2) is 5.82 Å². The van der Waals surface area contributed by atoms with Gasteiger partial charge < -0.3 is 19.9 Å². The maximum atomic E-state index is 11.9. The van der Waals surface area contributed by atoms with Crippen molar-refractivity contribution in [2.75, 3.05) is 51.6 Å². The number of nitrogens with zero attached hydrogens (tertiary/aromatic N) is 8. The Hall–Kier alpha value is -4.76. The minimum atomic E-state index is -0.435. The Kier molecular flexibility index (Phi) is 7.17. The van der Waals surface area contributed by atoms with E-state index in [0.717, 1.165) is 23.1 Å². The Bertz CT molecular complexity index is 1510. The van der Waals surface area contributed by atoms with Crippen LogP contribution in [0.1, 0.15) is 11.3 Å². The first kappa shape index (κ1) is 25.3. The Morgan fingerprint density at radius 3 is 2.65 bits per heavy atom. The van der Waals surface area contributed by atoms with Crippen LogP contribution in [0.4, 0.5) is 23.0 Å². The zero-order valence-electron chi connectivity index (χ0n) is 21.3. The first-order valence-corrected chi connectivity index (χ1v) is 11.4. The molecule has 2 aromatic carbocycles. The third-order valence-corrected chi connectivity index (χ3v) is 5.90. The van der Waals surface area contributed by atoms with Gasteiger partial charge in [-0.05, 0) is 27.1 Å². The lowest BCUT2D eigenvalue weighted by Crippen LogP contribution is -2.29. The van der Waals surface area contributed by atoms with Crippen LogP contribution in [0.25, 0.3) is 16.7 Å². The molecule has 2 aromatic heterocycles. The standard InChI is InChI=1S/C25H27N9O3/c1-16-18-8-6-7-9-20(18)33(30-16)24-17(14-26)15-27-25(29-24)28-19-12-22(34(35)36)21(13-23(19)37-5)32(4)11-10-31(2)3/h6-9,12-13,15H,10-11H2,1-5H3,(H,27,28,29). The topological polar surface area (TPSA) is 138 Å². The summed E-state index contributed by atoms with van der Waals surface area (Å²) < 4.78 is 7.14. The number of nitro groups is 1. The summed E-state index contributed by atoms with van der Waals surface area (Å²) in [6, 6.07) is 12.8. The Labute approximate surface area is 213 Å². The van der Waals surface area contributed by atoms with Crippen molar-refractivity contribution >= 4 is 33.9 Å². The van der Waals surface area contributed by atoms with Gasteiger partial charge in [-0.1, -0.05) is 18.2 Å². The number of nitriles is 1. The van der Waals surface area contributed by atoms with Crippen LogP contribution in [-0.2, 0) is 0 Å². The number of nitrogens with one attached hydrogen (secondary N) is 1. The summed E-state index contributed by atoms with van der Waals surface area (Å²) in [5, 5.41) is 30.2. The molecule has 0 aliphatic carbocycles. The third kappa shape index (κ3) is 5.12. The third-order valence-electron chi connectivity index (χ3n) is 5.90. The van der Waals surface area contributed by atoms with E-state index < -0.39 is 4.92 Å². The molecule has 0 bridgehead atoms. The first-order chi connectivity index (χ1) is 17.7. The van der Waals surface area contributed by atoms with Gasteiger partial charge >= 0.3 is 0 Å². The summed E-state index contributed by atoms with van der Waals surface area (Å²) in [7, 11) is 7.16. The number of ether oxygens (including phenoxy) is 1. The van der Waals surface area contributed by atoms with E-state index in [0.29, 0.717) is 23.7 Å². The molecular formula is C25H27N9O3. The molecule has 2 heterocycles. The molecule has 0 aliphatic rings. The predicted molar refractivity (Wildman–Crippen MR) is 141 cm³/mol. The molecule has 190 valence electrons. The normalized spacial score (nSPS) is 10.9. The fourth-order valence-electron chi connectivity index (χ4n) is 3.92. The smallest absolute Gasteiger partial charge is 0.294 e. The molecule has 0 saturated heterocycles. The summed E-state index contributed by atoms with van der Waals surface area (Å²) in [5.74, 6) is 0.803.